The van der Waals surface area contributed by atoms with Crippen LogP contribution in [-0.2, 0) is 9.47 Å². The molecule has 21 heavy (non-hydrogen) atoms. The highest BCUT2D eigenvalue weighted by molar-refractivity contribution is 5.35. The Labute approximate surface area is 124 Å². The fourth-order valence-electron chi connectivity index (χ4n) is 2.50. The Morgan fingerprint density at radius 3 is 2.81 bits per heavy atom. The molecule has 3 rings (SSSR count). The van der Waals surface area contributed by atoms with Crippen LogP contribution in [0.15, 0.2) is 59.6 Å². The van der Waals surface area contributed by atoms with Gasteiger partial charge in [0.1, 0.15) is 6.61 Å². The smallest absolute Gasteiger partial charge is 0.161 e. The summed E-state index contributed by atoms with van der Waals surface area (Å²) in [5.74, 6) is 1.67. The van der Waals surface area contributed by atoms with Crippen LogP contribution in [0.4, 0.5) is 0 Å². The molecule has 0 radical (unpaired) electrons. The zero-order valence-electron chi connectivity index (χ0n) is 12.0. The topological polar surface area (TPSA) is 42.2 Å². The monoisotopic (exact) mass is 279 g/mol. The molecule has 1 heterocycles. The summed E-state index contributed by atoms with van der Waals surface area (Å²) in [7, 11) is 0. The van der Waals surface area contributed by atoms with Crippen LogP contribution in [0, 0.1) is 11.3 Å². The fourth-order valence-corrected chi connectivity index (χ4v) is 2.50. The van der Waals surface area contributed by atoms with Gasteiger partial charge < -0.3 is 9.47 Å². The number of rotatable bonds is 1. The van der Waals surface area contributed by atoms with E-state index in [9.17, 15) is 0 Å². The molecule has 1 atom stereocenters. The van der Waals surface area contributed by atoms with Crippen molar-refractivity contribution in [3.63, 3.8) is 0 Å². The molecule has 1 aliphatic heterocycles. The third kappa shape index (κ3) is 2.85. The maximum atomic E-state index is 8.86. The molecule has 3 heteroatoms. The van der Waals surface area contributed by atoms with Gasteiger partial charge in [-0.25, -0.2) is 0 Å². The minimum Gasteiger partial charge on any atom is -0.485 e. The van der Waals surface area contributed by atoms with Crippen LogP contribution in [-0.4, -0.2) is 6.61 Å². The first-order valence-corrected chi connectivity index (χ1v) is 7.14. The van der Waals surface area contributed by atoms with Gasteiger partial charge in [0, 0.05) is 0 Å². The van der Waals surface area contributed by atoms with Gasteiger partial charge in [-0.1, -0.05) is 24.3 Å². The maximum Gasteiger partial charge on any atom is 0.161 e. The van der Waals surface area contributed by atoms with Crippen molar-refractivity contribution in [1.29, 1.82) is 5.26 Å². The van der Waals surface area contributed by atoms with Gasteiger partial charge in [0.25, 0.3) is 0 Å². The lowest BCUT2D eigenvalue weighted by Gasteiger charge is -2.30. The van der Waals surface area contributed by atoms with Gasteiger partial charge in [0.15, 0.2) is 17.6 Å². The molecule has 0 aromatic heterocycles. The standard InChI is InChI=1S/C18H17NO2/c1-13-5-3-2-4-6-16-18(13)21-17(12-20-16)15-9-7-14(11-19)8-10-15/h2,4,6-10,17H,3,5,12H2,1H3. The number of ether oxygens (including phenoxy) is 2. The normalized spacial score (nSPS) is 21.1. The summed E-state index contributed by atoms with van der Waals surface area (Å²) >= 11 is 0. The second-order valence-corrected chi connectivity index (χ2v) is 5.26. The largest absolute Gasteiger partial charge is 0.485 e. The predicted octanol–water partition coefficient (Wildman–Crippen LogP) is 4.15. The summed E-state index contributed by atoms with van der Waals surface area (Å²) < 4.78 is 12.0. The van der Waals surface area contributed by atoms with Gasteiger partial charge in [-0.15, -0.1) is 0 Å². The Kier molecular flexibility index (Phi) is 3.79. The third-order valence-electron chi connectivity index (χ3n) is 3.74. The molecule has 1 saturated heterocycles. The summed E-state index contributed by atoms with van der Waals surface area (Å²) in [4.78, 5) is 0. The lowest BCUT2D eigenvalue weighted by atomic mass is 10.0. The van der Waals surface area contributed by atoms with E-state index in [1.54, 1.807) is 0 Å². The Bertz CT molecular complexity index is 659. The van der Waals surface area contributed by atoms with E-state index in [4.69, 9.17) is 14.7 Å². The average molecular weight is 279 g/mol. The molecule has 1 unspecified atom stereocenters. The Morgan fingerprint density at radius 1 is 1.24 bits per heavy atom. The molecule has 1 aromatic carbocycles. The van der Waals surface area contributed by atoms with Gasteiger partial charge in [0.05, 0.1) is 11.6 Å². The van der Waals surface area contributed by atoms with Crippen molar-refractivity contribution in [2.45, 2.75) is 25.9 Å². The van der Waals surface area contributed by atoms with Crippen LogP contribution in [0.5, 0.6) is 0 Å². The van der Waals surface area contributed by atoms with Crippen LogP contribution >= 0.6 is 0 Å². The minimum absolute atomic E-state index is 0.122. The molecule has 0 spiro atoms. The first-order valence-electron chi connectivity index (χ1n) is 7.14. The van der Waals surface area contributed by atoms with Gasteiger partial charge in [0.2, 0.25) is 0 Å². The Hall–Kier alpha value is -2.47. The number of fused-ring (bicyclic) bond motifs is 1. The van der Waals surface area contributed by atoms with Crippen molar-refractivity contribution >= 4 is 0 Å². The summed E-state index contributed by atoms with van der Waals surface area (Å²) in [6.07, 6.45) is 8.00. The van der Waals surface area contributed by atoms with E-state index in [1.165, 1.54) is 5.57 Å². The lowest BCUT2D eigenvalue weighted by Crippen LogP contribution is -2.20. The third-order valence-corrected chi connectivity index (χ3v) is 3.74. The van der Waals surface area contributed by atoms with Crippen molar-refractivity contribution in [2.75, 3.05) is 6.61 Å². The highest BCUT2D eigenvalue weighted by atomic mass is 16.6. The second-order valence-electron chi connectivity index (χ2n) is 5.26. The summed E-state index contributed by atoms with van der Waals surface area (Å²) in [6, 6.07) is 9.61. The van der Waals surface area contributed by atoms with E-state index in [0.717, 1.165) is 29.9 Å². The van der Waals surface area contributed by atoms with Gasteiger partial charge >= 0.3 is 0 Å². The van der Waals surface area contributed by atoms with E-state index < -0.39 is 0 Å². The molecule has 0 amide bonds. The number of benzene rings is 1. The number of hydrogen-bond donors (Lipinski definition) is 0. The van der Waals surface area contributed by atoms with E-state index >= 15 is 0 Å². The van der Waals surface area contributed by atoms with Crippen LogP contribution in [0.2, 0.25) is 0 Å². The minimum atomic E-state index is -0.122. The molecular weight excluding hydrogens is 262 g/mol. The molecule has 1 fully saturated rings. The Balaban J connectivity index is 1.86. The SMILES string of the molecule is CC1=C2OC(c3ccc(C#N)cc3)COC2=CC=CCC1. The molecule has 1 aliphatic carbocycles. The first-order chi connectivity index (χ1) is 10.3. The van der Waals surface area contributed by atoms with Gasteiger partial charge in [-0.3, -0.25) is 0 Å². The highest BCUT2D eigenvalue weighted by Gasteiger charge is 2.26. The molecule has 0 bridgehead atoms. The van der Waals surface area contributed by atoms with E-state index in [0.29, 0.717) is 12.2 Å². The number of hydrogen-bond acceptors (Lipinski definition) is 3. The van der Waals surface area contributed by atoms with Crippen LogP contribution < -0.4 is 0 Å². The zero-order valence-corrected chi connectivity index (χ0v) is 12.0. The number of allylic oxidation sites excluding steroid dienone is 4. The van der Waals surface area contributed by atoms with E-state index in [1.807, 2.05) is 36.4 Å². The maximum absolute atomic E-state index is 8.86. The number of nitrogens with zero attached hydrogens (tertiary/aromatic N) is 1. The molecular formula is C18H17NO2. The zero-order chi connectivity index (χ0) is 14.7. The molecule has 2 aliphatic rings. The molecule has 3 nitrogen and oxygen atoms in total. The van der Waals surface area contributed by atoms with Crippen LogP contribution in [0.1, 0.15) is 37.0 Å². The second kappa shape index (κ2) is 5.88. The van der Waals surface area contributed by atoms with Crippen molar-refractivity contribution in [3.05, 3.63) is 70.7 Å². The van der Waals surface area contributed by atoms with Crippen molar-refractivity contribution < 1.29 is 9.47 Å². The average Bonchev–Trinajstić information content (AvgIpc) is 2.52. The molecule has 0 N–H and O–H groups in total. The molecule has 1 aromatic rings. The van der Waals surface area contributed by atoms with Crippen molar-refractivity contribution in [3.8, 4) is 6.07 Å². The predicted molar refractivity (Wildman–Crippen MR) is 80.1 cm³/mol. The first kappa shape index (κ1) is 13.5. The van der Waals surface area contributed by atoms with Crippen LogP contribution in [0.3, 0.4) is 0 Å². The Morgan fingerprint density at radius 2 is 2.05 bits per heavy atom. The highest BCUT2D eigenvalue weighted by Crippen LogP contribution is 2.34. The summed E-state index contributed by atoms with van der Waals surface area (Å²) in [5, 5.41) is 8.86. The summed E-state index contributed by atoms with van der Waals surface area (Å²) in [6.45, 7) is 2.58. The van der Waals surface area contributed by atoms with Crippen molar-refractivity contribution in [1.82, 2.24) is 0 Å². The molecule has 0 saturated carbocycles. The number of nitriles is 1. The summed E-state index contributed by atoms with van der Waals surface area (Å²) in [5.41, 5.74) is 2.90. The van der Waals surface area contributed by atoms with Gasteiger partial charge in [-0.2, -0.15) is 5.26 Å². The fraction of sp³-hybridized carbons (Fsp3) is 0.278. The van der Waals surface area contributed by atoms with Crippen molar-refractivity contribution in [2.24, 2.45) is 0 Å². The lowest BCUT2D eigenvalue weighted by molar-refractivity contribution is -0.0103. The quantitative estimate of drug-likeness (QED) is 0.775. The van der Waals surface area contributed by atoms with E-state index in [-0.39, 0.29) is 6.10 Å². The van der Waals surface area contributed by atoms with E-state index in [2.05, 4.69) is 19.1 Å². The molecule has 106 valence electrons. The van der Waals surface area contributed by atoms with Gasteiger partial charge in [-0.05, 0) is 49.1 Å². The van der Waals surface area contributed by atoms with Crippen LogP contribution in [0.25, 0.3) is 0 Å².